The summed E-state index contributed by atoms with van der Waals surface area (Å²) in [5.41, 5.74) is 0. The zero-order valence-electron chi connectivity index (χ0n) is 17.2. The smallest absolute Gasteiger partial charge is 0.100 e. The van der Waals surface area contributed by atoms with Crippen LogP contribution in [0.2, 0.25) is 0 Å². The molecule has 26 heavy (non-hydrogen) atoms. The van der Waals surface area contributed by atoms with Gasteiger partial charge in [-0.15, -0.1) is 0 Å². The molecule has 2 nitrogen and oxygen atoms in total. The lowest BCUT2D eigenvalue weighted by Gasteiger charge is -2.41. The molecular formula is C23H43FN2. The van der Waals surface area contributed by atoms with Gasteiger partial charge in [0, 0.05) is 13.1 Å². The van der Waals surface area contributed by atoms with Gasteiger partial charge in [-0.3, -0.25) is 0 Å². The van der Waals surface area contributed by atoms with Crippen LogP contribution in [-0.4, -0.2) is 25.4 Å². The van der Waals surface area contributed by atoms with Gasteiger partial charge in [0.25, 0.3) is 0 Å². The summed E-state index contributed by atoms with van der Waals surface area (Å²) in [5.74, 6) is 3.36. The van der Waals surface area contributed by atoms with Crippen molar-refractivity contribution >= 4 is 0 Å². The van der Waals surface area contributed by atoms with Crippen molar-refractivity contribution in [2.75, 3.05) is 13.1 Å². The molecule has 3 heteroatoms. The first-order valence-corrected chi connectivity index (χ1v) is 11.9. The number of unbranched alkanes of at least 4 members (excludes halogenated alkanes) is 4. The van der Waals surface area contributed by atoms with Crippen LogP contribution >= 0.6 is 0 Å². The van der Waals surface area contributed by atoms with Crippen molar-refractivity contribution in [3.63, 3.8) is 0 Å². The van der Waals surface area contributed by atoms with Crippen molar-refractivity contribution in [3.8, 4) is 0 Å². The van der Waals surface area contributed by atoms with Crippen LogP contribution < -0.4 is 10.6 Å². The van der Waals surface area contributed by atoms with Crippen molar-refractivity contribution in [2.45, 2.75) is 109 Å². The SMILES string of the molecule is CCCCCCCC1CNC(C2CCC(C3CCC(F)CC3)CC2)NC1. The first-order valence-electron chi connectivity index (χ1n) is 11.9. The van der Waals surface area contributed by atoms with E-state index in [9.17, 15) is 4.39 Å². The molecule has 1 heterocycles. The fourth-order valence-electron chi connectivity index (χ4n) is 5.81. The Morgan fingerprint density at radius 1 is 0.692 bits per heavy atom. The zero-order valence-corrected chi connectivity index (χ0v) is 17.2. The minimum absolute atomic E-state index is 0.502. The molecule has 0 spiro atoms. The fraction of sp³-hybridized carbons (Fsp3) is 1.00. The molecule has 3 rings (SSSR count). The summed E-state index contributed by atoms with van der Waals surface area (Å²) in [6.45, 7) is 4.72. The number of alkyl halides is 1. The molecule has 2 N–H and O–H groups in total. The van der Waals surface area contributed by atoms with E-state index in [1.54, 1.807) is 0 Å². The van der Waals surface area contributed by atoms with Crippen molar-refractivity contribution in [2.24, 2.45) is 23.7 Å². The van der Waals surface area contributed by atoms with Gasteiger partial charge in [-0.2, -0.15) is 0 Å². The number of hydrogen-bond donors (Lipinski definition) is 2. The Morgan fingerprint density at radius 3 is 1.85 bits per heavy atom. The van der Waals surface area contributed by atoms with Crippen molar-refractivity contribution in [3.05, 3.63) is 0 Å². The monoisotopic (exact) mass is 366 g/mol. The second kappa shape index (κ2) is 11.0. The molecule has 0 amide bonds. The van der Waals surface area contributed by atoms with E-state index in [1.165, 1.54) is 77.3 Å². The van der Waals surface area contributed by atoms with E-state index in [1.807, 2.05) is 0 Å². The van der Waals surface area contributed by atoms with E-state index in [0.29, 0.717) is 6.17 Å². The normalized spacial score (nSPS) is 39.0. The van der Waals surface area contributed by atoms with E-state index >= 15 is 0 Å². The van der Waals surface area contributed by atoms with Crippen LogP contribution in [0.15, 0.2) is 0 Å². The van der Waals surface area contributed by atoms with Gasteiger partial charge in [-0.05, 0) is 81.5 Å². The summed E-state index contributed by atoms with van der Waals surface area (Å²) < 4.78 is 13.4. The lowest BCUT2D eigenvalue weighted by atomic mass is 9.70. The summed E-state index contributed by atoms with van der Waals surface area (Å²) in [4.78, 5) is 0. The predicted octanol–water partition coefficient (Wildman–Crippen LogP) is 5.82. The van der Waals surface area contributed by atoms with E-state index in [-0.39, 0.29) is 0 Å². The minimum atomic E-state index is -0.502. The molecule has 0 radical (unpaired) electrons. The highest BCUT2D eigenvalue weighted by atomic mass is 19.1. The summed E-state index contributed by atoms with van der Waals surface area (Å²) in [5, 5.41) is 7.66. The molecule has 0 unspecified atom stereocenters. The molecule has 1 saturated heterocycles. The van der Waals surface area contributed by atoms with Crippen LogP contribution in [0.1, 0.15) is 96.8 Å². The molecular weight excluding hydrogens is 323 g/mol. The maximum Gasteiger partial charge on any atom is 0.100 e. The number of nitrogens with one attached hydrogen (secondary N) is 2. The minimum Gasteiger partial charge on any atom is -0.301 e. The highest BCUT2D eigenvalue weighted by molar-refractivity contribution is 4.88. The third-order valence-corrected chi connectivity index (χ3v) is 7.62. The van der Waals surface area contributed by atoms with Gasteiger partial charge in [0.2, 0.25) is 0 Å². The maximum absolute atomic E-state index is 13.4. The van der Waals surface area contributed by atoms with Gasteiger partial charge in [0.15, 0.2) is 0 Å². The van der Waals surface area contributed by atoms with Gasteiger partial charge < -0.3 is 10.6 Å². The quantitative estimate of drug-likeness (QED) is 0.529. The van der Waals surface area contributed by atoms with Crippen LogP contribution in [0.3, 0.4) is 0 Å². The fourth-order valence-corrected chi connectivity index (χ4v) is 5.81. The number of hydrogen-bond acceptors (Lipinski definition) is 2. The second-order valence-electron chi connectivity index (χ2n) is 9.55. The summed E-state index contributed by atoms with van der Waals surface area (Å²) >= 11 is 0. The predicted molar refractivity (Wildman–Crippen MR) is 109 cm³/mol. The van der Waals surface area contributed by atoms with Crippen LogP contribution in [-0.2, 0) is 0 Å². The summed E-state index contributed by atoms with van der Waals surface area (Å²) in [6.07, 6.45) is 17.9. The van der Waals surface area contributed by atoms with E-state index in [0.717, 1.165) is 49.4 Å². The largest absolute Gasteiger partial charge is 0.301 e. The average molecular weight is 367 g/mol. The first kappa shape index (κ1) is 20.6. The molecule has 0 bridgehead atoms. The molecule has 152 valence electrons. The van der Waals surface area contributed by atoms with Gasteiger partial charge >= 0.3 is 0 Å². The molecule has 0 aromatic heterocycles. The molecule has 0 atom stereocenters. The molecule has 2 saturated carbocycles. The molecule has 0 aromatic carbocycles. The Hall–Kier alpha value is -0.150. The van der Waals surface area contributed by atoms with Crippen molar-refractivity contribution in [1.82, 2.24) is 10.6 Å². The molecule has 3 aliphatic rings. The summed E-state index contributed by atoms with van der Waals surface area (Å²) in [7, 11) is 0. The third kappa shape index (κ3) is 6.19. The van der Waals surface area contributed by atoms with Crippen LogP contribution in [0, 0.1) is 23.7 Å². The lowest BCUT2D eigenvalue weighted by molar-refractivity contribution is 0.105. The Morgan fingerprint density at radius 2 is 1.23 bits per heavy atom. The molecule has 2 aliphatic carbocycles. The van der Waals surface area contributed by atoms with Gasteiger partial charge in [0.1, 0.15) is 6.17 Å². The topological polar surface area (TPSA) is 24.1 Å². The maximum atomic E-state index is 13.4. The van der Waals surface area contributed by atoms with Gasteiger partial charge in [-0.25, -0.2) is 4.39 Å². The highest BCUT2D eigenvalue weighted by Crippen LogP contribution is 2.41. The van der Waals surface area contributed by atoms with Crippen LogP contribution in [0.5, 0.6) is 0 Å². The van der Waals surface area contributed by atoms with Gasteiger partial charge in [-0.1, -0.05) is 39.0 Å². The van der Waals surface area contributed by atoms with E-state index < -0.39 is 6.17 Å². The highest BCUT2D eigenvalue weighted by Gasteiger charge is 2.34. The van der Waals surface area contributed by atoms with Gasteiger partial charge in [0.05, 0.1) is 6.17 Å². The van der Waals surface area contributed by atoms with Crippen LogP contribution in [0.25, 0.3) is 0 Å². The molecule has 1 aliphatic heterocycles. The van der Waals surface area contributed by atoms with E-state index in [4.69, 9.17) is 0 Å². The Labute approximate surface area is 161 Å². The Kier molecular flexibility index (Phi) is 8.71. The number of halogens is 1. The summed E-state index contributed by atoms with van der Waals surface area (Å²) in [6, 6.07) is 0. The Bertz CT molecular complexity index is 364. The third-order valence-electron chi connectivity index (χ3n) is 7.62. The lowest BCUT2D eigenvalue weighted by Crippen LogP contribution is -2.56. The zero-order chi connectivity index (χ0) is 18.2. The Balaban J connectivity index is 1.29. The number of rotatable bonds is 8. The first-order chi connectivity index (χ1) is 12.8. The van der Waals surface area contributed by atoms with Crippen molar-refractivity contribution < 1.29 is 4.39 Å². The average Bonchev–Trinajstić information content (AvgIpc) is 2.69. The van der Waals surface area contributed by atoms with Crippen molar-refractivity contribution in [1.29, 1.82) is 0 Å². The molecule has 3 fully saturated rings. The standard InChI is InChI=1S/C23H43FN2/c1-2-3-4-5-6-7-18-16-25-23(26-17-18)21-10-8-19(9-11-21)20-12-14-22(24)15-13-20/h18-23,25-26H,2-17H2,1H3. The molecule has 0 aromatic rings. The second-order valence-corrected chi connectivity index (χ2v) is 9.55. The van der Waals surface area contributed by atoms with E-state index in [2.05, 4.69) is 17.6 Å². The van der Waals surface area contributed by atoms with Crippen LogP contribution in [0.4, 0.5) is 4.39 Å².